The fourth-order valence-electron chi connectivity index (χ4n) is 2.82. The molecule has 1 aromatic carbocycles. The van der Waals surface area contributed by atoms with Crippen LogP contribution in [0.2, 0.25) is 0 Å². The van der Waals surface area contributed by atoms with Crippen molar-refractivity contribution in [1.29, 1.82) is 0 Å². The molecular weight excluding hydrogens is 304 g/mol. The van der Waals surface area contributed by atoms with Crippen LogP contribution in [0.4, 0.5) is 5.69 Å². The van der Waals surface area contributed by atoms with Crippen molar-refractivity contribution in [3.05, 3.63) is 48.3 Å². The Morgan fingerprint density at radius 3 is 2.79 bits per heavy atom. The summed E-state index contributed by atoms with van der Waals surface area (Å²) in [6.45, 7) is 0.901. The molecule has 6 heteroatoms. The third-order valence-electron chi connectivity index (χ3n) is 4.23. The summed E-state index contributed by atoms with van der Waals surface area (Å²) in [6, 6.07) is 9.61. The highest BCUT2D eigenvalue weighted by atomic mass is 16.2. The molecule has 1 atom stereocenters. The first kappa shape index (κ1) is 16.0. The second kappa shape index (κ2) is 7.12. The van der Waals surface area contributed by atoms with Crippen LogP contribution in [-0.2, 0) is 16.1 Å². The number of pyridine rings is 1. The first-order valence-electron chi connectivity index (χ1n) is 7.96. The maximum Gasteiger partial charge on any atom is 0.223 e. The molecule has 0 aliphatic carbocycles. The van der Waals surface area contributed by atoms with Crippen LogP contribution in [0.1, 0.15) is 18.4 Å². The second-order valence-electron chi connectivity index (χ2n) is 5.91. The van der Waals surface area contributed by atoms with Crippen LogP contribution in [0.25, 0.3) is 11.1 Å². The van der Waals surface area contributed by atoms with Gasteiger partial charge < -0.3 is 16.4 Å². The summed E-state index contributed by atoms with van der Waals surface area (Å²) >= 11 is 0. The predicted octanol–water partition coefficient (Wildman–Crippen LogP) is 1.47. The monoisotopic (exact) mass is 324 g/mol. The highest BCUT2D eigenvalue weighted by Gasteiger charge is 2.25. The molecule has 2 amide bonds. The van der Waals surface area contributed by atoms with Crippen molar-refractivity contribution in [2.75, 3.05) is 12.3 Å². The fourth-order valence-corrected chi connectivity index (χ4v) is 2.82. The lowest BCUT2D eigenvalue weighted by atomic mass is 9.96. The zero-order valence-electron chi connectivity index (χ0n) is 13.3. The molecule has 0 saturated carbocycles. The van der Waals surface area contributed by atoms with E-state index in [0.29, 0.717) is 25.2 Å². The number of rotatable bonds is 4. The van der Waals surface area contributed by atoms with Gasteiger partial charge in [-0.1, -0.05) is 6.07 Å². The van der Waals surface area contributed by atoms with Gasteiger partial charge in [0.25, 0.3) is 0 Å². The molecule has 0 spiro atoms. The van der Waals surface area contributed by atoms with E-state index >= 15 is 0 Å². The Bertz CT molecular complexity index is 746. The number of aromatic nitrogens is 1. The standard InChI is InChI=1S/C18H20N4O2/c19-16-2-1-13(12-3-6-20-7-4-12)9-15(16)11-22-18(24)14-5-8-21-17(23)10-14/h1-4,6-7,9,14H,5,8,10-11,19H2,(H,21,23)(H,22,24). The van der Waals surface area contributed by atoms with Crippen molar-refractivity contribution in [1.82, 2.24) is 15.6 Å². The number of nitrogens with two attached hydrogens (primary N) is 1. The molecule has 1 saturated heterocycles. The fraction of sp³-hybridized carbons (Fsp3) is 0.278. The molecule has 6 nitrogen and oxygen atoms in total. The number of amides is 2. The minimum Gasteiger partial charge on any atom is -0.398 e. The molecule has 2 heterocycles. The molecule has 124 valence electrons. The van der Waals surface area contributed by atoms with Crippen molar-refractivity contribution >= 4 is 17.5 Å². The molecule has 1 aromatic heterocycles. The highest BCUT2D eigenvalue weighted by molar-refractivity contribution is 5.87. The average Bonchev–Trinajstić information content (AvgIpc) is 2.61. The van der Waals surface area contributed by atoms with Gasteiger partial charge in [0.1, 0.15) is 0 Å². The number of nitrogens with one attached hydrogen (secondary N) is 2. The molecule has 0 bridgehead atoms. The minimum atomic E-state index is -0.261. The maximum absolute atomic E-state index is 12.2. The van der Waals surface area contributed by atoms with Gasteiger partial charge in [0.15, 0.2) is 0 Å². The van der Waals surface area contributed by atoms with Crippen LogP contribution in [0.5, 0.6) is 0 Å². The van der Waals surface area contributed by atoms with Gasteiger partial charge in [-0.15, -0.1) is 0 Å². The Labute approximate surface area is 140 Å². The zero-order chi connectivity index (χ0) is 16.9. The first-order valence-corrected chi connectivity index (χ1v) is 7.96. The van der Waals surface area contributed by atoms with Crippen molar-refractivity contribution in [2.45, 2.75) is 19.4 Å². The van der Waals surface area contributed by atoms with E-state index in [1.807, 2.05) is 30.3 Å². The number of piperidine rings is 1. The maximum atomic E-state index is 12.2. The summed E-state index contributed by atoms with van der Waals surface area (Å²) in [5.74, 6) is -0.428. The van der Waals surface area contributed by atoms with E-state index in [9.17, 15) is 9.59 Å². The zero-order valence-corrected chi connectivity index (χ0v) is 13.3. The van der Waals surface area contributed by atoms with Crippen molar-refractivity contribution in [2.24, 2.45) is 5.92 Å². The highest BCUT2D eigenvalue weighted by Crippen LogP contribution is 2.23. The summed E-state index contributed by atoms with van der Waals surface area (Å²) in [5, 5.41) is 5.63. The molecule has 0 radical (unpaired) electrons. The normalized spacial score (nSPS) is 17.2. The lowest BCUT2D eigenvalue weighted by Gasteiger charge is -2.21. The van der Waals surface area contributed by atoms with Crippen molar-refractivity contribution in [3.8, 4) is 11.1 Å². The van der Waals surface area contributed by atoms with E-state index in [2.05, 4.69) is 15.6 Å². The summed E-state index contributed by atoms with van der Waals surface area (Å²) in [4.78, 5) is 27.6. The smallest absolute Gasteiger partial charge is 0.223 e. The second-order valence-corrected chi connectivity index (χ2v) is 5.91. The molecule has 1 aliphatic rings. The van der Waals surface area contributed by atoms with Crippen LogP contribution < -0.4 is 16.4 Å². The SMILES string of the molecule is Nc1ccc(-c2ccncc2)cc1CNC(=O)C1CCNC(=O)C1. The number of anilines is 1. The molecule has 2 aromatic rings. The van der Waals surface area contributed by atoms with Gasteiger partial charge >= 0.3 is 0 Å². The number of benzene rings is 1. The van der Waals surface area contributed by atoms with Gasteiger partial charge in [-0.25, -0.2) is 0 Å². The van der Waals surface area contributed by atoms with Crippen LogP contribution in [0, 0.1) is 5.92 Å². The van der Waals surface area contributed by atoms with Gasteiger partial charge in [0.2, 0.25) is 11.8 Å². The van der Waals surface area contributed by atoms with E-state index in [1.54, 1.807) is 12.4 Å². The van der Waals surface area contributed by atoms with Gasteiger partial charge in [-0.05, 0) is 47.4 Å². The lowest BCUT2D eigenvalue weighted by Crippen LogP contribution is -2.40. The third-order valence-corrected chi connectivity index (χ3v) is 4.23. The summed E-state index contributed by atoms with van der Waals surface area (Å²) in [7, 11) is 0. The lowest BCUT2D eigenvalue weighted by molar-refractivity contribution is -0.132. The molecule has 1 fully saturated rings. The molecular formula is C18H20N4O2. The van der Waals surface area contributed by atoms with Gasteiger partial charge in [0, 0.05) is 43.5 Å². The third kappa shape index (κ3) is 3.71. The minimum absolute atomic E-state index is 0.0689. The molecule has 1 unspecified atom stereocenters. The van der Waals surface area contributed by atoms with Crippen LogP contribution in [0.3, 0.4) is 0 Å². The topological polar surface area (TPSA) is 97.1 Å². The molecule has 24 heavy (non-hydrogen) atoms. The first-order chi connectivity index (χ1) is 11.6. The van der Waals surface area contributed by atoms with E-state index in [0.717, 1.165) is 16.7 Å². The molecule has 4 N–H and O–H groups in total. The van der Waals surface area contributed by atoms with E-state index in [1.165, 1.54) is 0 Å². The number of nitrogens with zero attached hydrogens (tertiary/aromatic N) is 1. The predicted molar refractivity (Wildman–Crippen MR) is 91.7 cm³/mol. The Kier molecular flexibility index (Phi) is 4.74. The Morgan fingerprint density at radius 2 is 2.04 bits per heavy atom. The largest absolute Gasteiger partial charge is 0.398 e. The van der Waals surface area contributed by atoms with Crippen LogP contribution in [-0.4, -0.2) is 23.3 Å². The van der Waals surface area contributed by atoms with Crippen molar-refractivity contribution in [3.63, 3.8) is 0 Å². The number of carbonyl (C=O) groups is 2. The Hall–Kier alpha value is -2.89. The van der Waals surface area contributed by atoms with Gasteiger partial charge in [-0.3, -0.25) is 14.6 Å². The van der Waals surface area contributed by atoms with Crippen molar-refractivity contribution < 1.29 is 9.59 Å². The summed E-state index contributed by atoms with van der Waals surface area (Å²) in [5.41, 5.74) is 9.58. The quantitative estimate of drug-likeness (QED) is 0.742. The number of nitrogen functional groups attached to an aromatic ring is 1. The number of hydrogen-bond donors (Lipinski definition) is 3. The summed E-state index contributed by atoms with van der Waals surface area (Å²) in [6.07, 6.45) is 4.39. The summed E-state index contributed by atoms with van der Waals surface area (Å²) < 4.78 is 0. The average molecular weight is 324 g/mol. The van der Waals surface area contributed by atoms with E-state index in [-0.39, 0.29) is 24.2 Å². The van der Waals surface area contributed by atoms with Gasteiger partial charge in [0.05, 0.1) is 0 Å². The van der Waals surface area contributed by atoms with E-state index < -0.39 is 0 Å². The van der Waals surface area contributed by atoms with Gasteiger partial charge in [-0.2, -0.15) is 0 Å². The molecule has 1 aliphatic heterocycles. The Morgan fingerprint density at radius 1 is 1.25 bits per heavy atom. The molecule has 3 rings (SSSR count). The van der Waals surface area contributed by atoms with Crippen LogP contribution >= 0.6 is 0 Å². The van der Waals surface area contributed by atoms with E-state index in [4.69, 9.17) is 5.73 Å². The number of carbonyl (C=O) groups excluding carboxylic acids is 2. The number of hydrogen-bond acceptors (Lipinski definition) is 4. The van der Waals surface area contributed by atoms with Crippen LogP contribution in [0.15, 0.2) is 42.7 Å². The Balaban J connectivity index is 1.68.